The fourth-order valence-electron chi connectivity index (χ4n) is 1.85. The van der Waals surface area contributed by atoms with E-state index in [4.69, 9.17) is 5.11 Å². The number of aliphatic carboxylic acids is 1. The van der Waals surface area contributed by atoms with Gasteiger partial charge in [-0.05, 0) is 44.9 Å². The largest absolute Gasteiger partial charge is 0.481 e. The number of carbonyl (C=O) groups excluding carboxylic acids is 1. The second kappa shape index (κ2) is 6.50. The molecule has 0 aliphatic heterocycles. The molecule has 2 N–H and O–H groups in total. The highest BCUT2D eigenvalue weighted by Gasteiger charge is 2.25. The number of nitrogens with one attached hydrogen (secondary N) is 1. The normalized spacial score (nSPS) is 12.8. The maximum absolute atomic E-state index is 13.1. The summed E-state index contributed by atoms with van der Waals surface area (Å²) in [6, 6.07) is 5.90. The molecule has 110 valence electrons. The van der Waals surface area contributed by atoms with E-state index in [0.29, 0.717) is 12.0 Å². The van der Waals surface area contributed by atoms with E-state index in [0.717, 1.165) is 0 Å². The van der Waals surface area contributed by atoms with Gasteiger partial charge in [-0.25, -0.2) is 4.39 Å². The van der Waals surface area contributed by atoms with Crippen LogP contribution in [0.5, 0.6) is 0 Å². The SMILES string of the molecule is CC(C(=O)NC(C)(C)CCC(=O)O)c1cccc(F)c1. The average Bonchev–Trinajstić information content (AvgIpc) is 2.35. The molecule has 0 saturated carbocycles. The Kier molecular flexibility index (Phi) is 5.25. The van der Waals surface area contributed by atoms with Gasteiger partial charge in [-0.1, -0.05) is 12.1 Å². The van der Waals surface area contributed by atoms with Crippen molar-refractivity contribution in [3.05, 3.63) is 35.6 Å². The highest BCUT2D eigenvalue weighted by atomic mass is 19.1. The molecule has 1 aromatic carbocycles. The Morgan fingerprint density at radius 2 is 2.05 bits per heavy atom. The standard InChI is InChI=1S/C15H20FNO3/c1-10(11-5-4-6-12(16)9-11)14(20)17-15(2,3)8-7-13(18)19/h4-6,9-10H,7-8H2,1-3H3,(H,17,20)(H,18,19). The van der Waals surface area contributed by atoms with Gasteiger partial charge in [0.15, 0.2) is 0 Å². The molecule has 1 unspecified atom stereocenters. The van der Waals surface area contributed by atoms with Crippen molar-refractivity contribution in [3.8, 4) is 0 Å². The molecule has 5 heteroatoms. The first-order valence-corrected chi connectivity index (χ1v) is 6.50. The number of amides is 1. The second-order valence-corrected chi connectivity index (χ2v) is 5.54. The summed E-state index contributed by atoms with van der Waals surface area (Å²) in [7, 11) is 0. The second-order valence-electron chi connectivity index (χ2n) is 5.54. The molecule has 1 aromatic rings. The number of hydrogen-bond donors (Lipinski definition) is 2. The maximum Gasteiger partial charge on any atom is 0.303 e. The first-order chi connectivity index (χ1) is 9.21. The van der Waals surface area contributed by atoms with E-state index in [9.17, 15) is 14.0 Å². The van der Waals surface area contributed by atoms with Crippen LogP contribution in [-0.4, -0.2) is 22.5 Å². The minimum Gasteiger partial charge on any atom is -0.481 e. The molecule has 0 bridgehead atoms. The Morgan fingerprint density at radius 3 is 2.60 bits per heavy atom. The van der Waals surface area contributed by atoms with Crippen LogP contribution in [0.25, 0.3) is 0 Å². The fraction of sp³-hybridized carbons (Fsp3) is 0.467. The molecule has 1 atom stereocenters. The highest BCUT2D eigenvalue weighted by molar-refractivity contribution is 5.83. The van der Waals surface area contributed by atoms with Gasteiger partial charge in [-0.3, -0.25) is 9.59 Å². The van der Waals surface area contributed by atoms with Gasteiger partial charge >= 0.3 is 5.97 Å². The smallest absolute Gasteiger partial charge is 0.303 e. The molecule has 4 nitrogen and oxygen atoms in total. The Bertz CT molecular complexity index is 500. The predicted octanol–water partition coefficient (Wildman–Crippen LogP) is 2.69. The van der Waals surface area contributed by atoms with Crippen molar-refractivity contribution < 1.29 is 19.1 Å². The van der Waals surface area contributed by atoms with Gasteiger partial charge in [0.25, 0.3) is 0 Å². The lowest BCUT2D eigenvalue weighted by Gasteiger charge is -2.27. The van der Waals surface area contributed by atoms with Crippen molar-refractivity contribution in [2.75, 3.05) is 0 Å². The summed E-state index contributed by atoms with van der Waals surface area (Å²) in [4.78, 5) is 22.7. The summed E-state index contributed by atoms with van der Waals surface area (Å²) in [5, 5.41) is 11.5. The van der Waals surface area contributed by atoms with Gasteiger partial charge in [-0.2, -0.15) is 0 Å². The van der Waals surface area contributed by atoms with Crippen LogP contribution in [0.2, 0.25) is 0 Å². The predicted molar refractivity (Wildman–Crippen MR) is 73.9 cm³/mol. The van der Waals surface area contributed by atoms with Gasteiger partial charge < -0.3 is 10.4 Å². The third-order valence-electron chi connectivity index (χ3n) is 3.17. The van der Waals surface area contributed by atoms with Crippen LogP contribution in [-0.2, 0) is 9.59 Å². The van der Waals surface area contributed by atoms with E-state index in [-0.39, 0.29) is 18.1 Å². The van der Waals surface area contributed by atoms with E-state index in [1.165, 1.54) is 12.1 Å². The molecule has 20 heavy (non-hydrogen) atoms. The number of carboxylic acid groups (broad SMARTS) is 1. The van der Waals surface area contributed by atoms with Crippen LogP contribution in [0, 0.1) is 5.82 Å². The van der Waals surface area contributed by atoms with Gasteiger partial charge in [-0.15, -0.1) is 0 Å². The molecule has 0 heterocycles. The first kappa shape index (κ1) is 16.1. The lowest BCUT2D eigenvalue weighted by atomic mass is 9.95. The number of carboxylic acids is 1. The summed E-state index contributed by atoms with van der Waals surface area (Å²) in [5.41, 5.74) is -0.0200. The number of benzene rings is 1. The summed E-state index contributed by atoms with van der Waals surface area (Å²) in [6.07, 6.45) is 0.325. The van der Waals surface area contributed by atoms with E-state index >= 15 is 0 Å². The van der Waals surface area contributed by atoms with E-state index in [2.05, 4.69) is 5.32 Å². The minimum atomic E-state index is -0.898. The molecule has 0 aliphatic rings. The summed E-state index contributed by atoms with van der Waals surface area (Å²) in [5.74, 6) is -2.02. The zero-order valence-corrected chi connectivity index (χ0v) is 11.9. The van der Waals surface area contributed by atoms with Crippen molar-refractivity contribution in [2.24, 2.45) is 0 Å². The lowest BCUT2D eigenvalue weighted by molar-refractivity contribution is -0.137. The molecule has 0 fully saturated rings. The summed E-state index contributed by atoms with van der Waals surface area (Å²) >= 11 is 0. The number of rotatable bonds is 6. The van der Waals surface area contributed by atoms with Gasteiger partial charge in [0.2, 0.25) is 5.91 Å². The molecule has 0 saturated heterocycles. The van der Waals surface area contributed by atoms with Crippen LogP contribution in [0.15, 0.2) is 24.3 Å². The summed E-state index contributed by atoms with van der Waals surface area (Å²) in [6.45, 7) is 5.23. The fourth-order valence-corrected chi connectivity index (χ4v) is 1.85. The zero-order chi connectivity index (χ0) is 15.3. The van der Waals surface area contributed by atoms with E-state index in [1.807, 2.05) is 0 Å². The van der Waals surface area contributed by atoms with Crippen LogP contribution in [0.4, 0.5) is 4.39 Å². The molecular weight excluding hydrogens is 261 g/mol. The Morgan fingerprint density at radius 1 is 1.40 bits per heavy atom. The van der Waals surface area contributed by atoms with Crippen LogP contribution >= 0.6 is 0 Å². The Labute approximate surface area is 118 Å². The number of carbonyl (C=O) groups is 2. The van der Waals surface area contributed by atoms with E-state index < -0.39 is 17.4 Å². The molecule has 0 radical (unpaired) electrons. The average molecular weight is 281 g/mol. The molecule has 1 amide bonds. The van der Waals surface area contributed by atoms with Gasteiger partial charge in [0, 0.05) is 12.0 Å². The number of hydrogen-bond acceptors (Lipinski definition) is 2. The van der Waals surface area contributed by atoms with E-state index in [1.54, 1.807) is 32.9 Å². The highest BCUT2D eigenvalue weighted by Crippen LogP contribution is 2.19. The van der Waals surface area contributed by atoms with Crippen LogP contribution in [0.1, 0.15) is 45.1 Å². The third kappa shape index (κ3) is 4.99. The number of halogens is 1. The topological polar surface area (TPSA) is 66.4 Å². The van der Waals surface area contributed by atoms with Crippen molar-refractivity contribution in [1.82, 2.24) is 5.32 Å². The molecule has 1 rings (SSSR count). The van der Waals surface area contributed by atoms with Crippen molar-refractivity contribution in [2.45, 2.75) is 45.1 Å². The van der Waals surface area contributed by atoms with Crippen LogP contribution < -0.4 is 5.32 Å². The molecular formula is C15H20FNO3. The first-order valence-electron chi connectivity index (χ1n) is 6.50. The molecule has 0 spiro atoms. The Balaban J connectivity index is 2.68. The maximum atomic E-state index is 13.1. The third-order valence-corrected chi connectivity index (χ3v) is 3.17. The summed E-state index contributed by atoms with van der Waals surface area (Å²) < 4.78 is 13.1. The zero-order valence-electron chi connectivity index (χ0n) is 11.9. The van der Waals surface area contributed by atoms with Crippen molar-refractivity contribution in [3.63, 3.8) is 0 Å². The molecule has 0 aliphatic carbocycles. The van der Waals surface area contributed by atoms with Gasteiger partial charge in [0.1, 0.15) is 5.82 Å². The monoisotopic (exact) mass is 281 g/mol. The van der Waals surface area contributed by atoms with Gasteiger partial charge in [0.05, 0.1) is 5.92 Å². The Hall–Kier alpha value is -1.91. The minimum absolute atomic E-state index is 0.0123. The lowest BCUT2D eigenvalue weighted by Crippen LogP contribution is -2.45. The molecule has 0 aromatic heterocycles. The van der Waals surface area contributed by atoms with Crippen molar-refractivity contribution in [1.29, 1.82) is 0 Å². The van der Waals surface area contributed by atoms with Crippen molar-refractivity contribution >= 4 is 11.9 Å². The quantitative estimate of drug-likeness (QED) is 0.842. The van der Waals surface area contributed by atoms with Crippen LogP contribution in [0.3, 0.4) is 0 Å².